The molecule has 0 unspecified atom stereocenters. The highest BCUT2D eigenvalue weighted by atomic mass is 16.7. The summed E-state index contributed by atoms with van der Waals surface area (Å²) in [5, 5.41) is 17.9. The van der Waals surface area contributed by atoms with Crippen molar-refractivity contribution in [3.05, 3.63) is 34.4 Å². The summed E-state index contributed by atoms with van der Waals surface area (Å²) in [5.41, 5.74) is -0.0875. The van der Waals surface area contributed by atoms with Crippen molar-refractivity contribution in [1.29, 1.82) is 0 Å². The van der Waals surface area contributed by atoms with Crippen LogP contribution >= 0.6 is 0 Å². The molecule has 27 heavy (non-hydrogen) atoms. The van der Waals surface area contributed by atoms with Crippen molar-refractivity contribution in [2.45, 2.75) is 58.9 Å². The predicted molar refractivity (Wildman–Crippen MR) is 102 cm³/mol. The van der Waals surface area contributed by atoms with Gasteiger partial charge in [0.2, 0.25) is 0 Å². The highest BCUT2D eigenvalue weighted by Gasteiger charge is 2.24. The number of carbonyl (C=O) groups is 1. The second-order valence-electron chi connectivity index (χ2n) is 7.66. The van der Waals surface area contributed by atoms with Crippen LogP contribution in [-0.2, 0) is 4.84 Å². The van der Waals surface area contributed by atoms with Crippen LogP contribution in [0.2, 0.25) is 0 Å². The van der Waals surface area contributed by atoms with E-state index in [-0.39, 0.29) is 24.1 Å². The van der Waals surface area contributed by atoms with Crippen LogP contribution in [0.3, 0.4) is 0 Å². The first-order valence-corrected chi connectivity index (χ1v) is 9.18. The van der Waals surface area contributed by atoms with E-state index in [4.69, 9.17) is 9.57 Å². The van der Waals surface area contributed by atoms with Gasteiger partial charge in [-0.1, -0.05) is 57.3 Å². The molecule has 1 saturated carbocycles. The summed E-state index contributed by atoms with van der Waals surface area (Å²) in [6, 6.07) is 6.25. The molecule has 2 rings (SSSR count). The quantitative estimate of drug-likeness (QED) is 0.342. The molecule has 1 aliphatic carbocycles. The molecule has 0 aromatic heterocycles. The number of rotatable bonds is 6. The van der Waals surface area contributed by atoms with E-state index in [9.17, 15) is 14.9 Å². The molecule has 0 atom stereocenters. The zero-order valence-electron chi connectivity index (χ0n) is 16.1. The summed E-state index contributed by atoms with van der Waals surface area (Å²) >= 11 is 0. The highest BCUT2D eigenvalue weighted by Crippen LogP contribution is 2.27. The van der Waals surface area contributed by atoms with E-state index in [1.165, 1.54) is 18.6 Å². The molecule has 1 aromatic carbocycles. The molecule has 0 spiro atoms. The van der Waals surface area contributed by atoms with E-state index in [1.807, 2.05) is 20.8 Å². The zero-order valence-corrected chi connectivity index (χ0v) is 16.1. The Balaban J connectivity index is 1.99. The number of ether oxygens (including phenoxy) is 1. The number of nitrogens with one attached hydrogen (secondary N) is 1. The van der Waals surface area contributed by atoms with Crippen molar-refractivity contribution in [3.63, 3.8) is 0 Å². The third-order valence-corrected chi connectivity index (χ3v) is 4.46. The second kappa shape index (κ2) is 9.34. The molecule has 8 nitrogen and oxygen atoms in total. The van der Waals surface area contributed by atoms with Gasteiger partial charge in [0.1, 0.15) is 12.3 Å². The second-order valence-corrected chi connectivity index (χ2v) is 7.66. The number of benzene rings is 1. The SMILES string of the molecule is CC(C)(C)C(COc1ccccc1[N+](=O)[O-])=NOC(=O)NC1CCCCC1. The van der Waals surface area contributed by atoms with E-state index in [0.29, 0.717) is 5.71 Å². The largest absolute Gasteiger partial charge is 0.480 e. The fraction of sp³-hybridized carbons (Fsp3) is 0.579. The van der Waals surface area contributed by atoms with Crippen molar-refractivity contribution in [2.75, 3.05) is 6.61 Å². The monoisotopic (exact) mass is 377 g/mol. The lowest BCUT2D eigenvalue weighted by atomic mass is 9.90. The van der Waals surface area contributed by atoms with Crippen LogP contribution < -0.4 is 10.1 Å². The van der Waals surface area contributed by atoms with Crippen LogP contribution in [0.4, 0.5) is 10.5 Å². The molecule has 1 aromatic rings. The third kappa shape index (κ3) is 6.54. The van der Waals surface area contributed by atoms with Gasteiger partial charge in [0, 0.05) is 17.5 Å². The maximum Gasteiger partial charge on any atom is 0.433 e. The number of para-hydroxylation sites is 2. The minimum absolute atomic E-state index is 0.0228. The van der Waals surface area contributed by atoms with Crippen molar-refractivity contribution in [3.8, 4) is 5.75 Å². The van der Waals surface area contributed by atoms with Gasteiger partial charge < -0.3 is 10.1 Å². The van der Waals surface area contributed by atoms with Crippen LogP contribution in [0.5, 0.6) is 5.75 Å². The number of hydrogen-bond donors (Lipinski definition) is 1. The Morgan fingerprint density at radius 2 is 1.93 bits per heavy atom. The first-order valence-electron chi connectivity index (χ1n) is 9.18. The molecule has 0 bridgehead atoms. The molecular weight excluding hydrogens is 350 g/mol. The lowest BCUT2D eigenvalue weighted by molar-refractivity contribution is -0.385. The average Bonchev–Trinajstić information content (AvgIpc) is 2.61. The van der Waals surface area contributed by atoms with Gasteiger partial charge in [-0.25, -0.2) is 4.79 Å². The van der Waals surface area contributed by atoms with Crippen molar-refractivity contribution in [2.24, 2.45) is 10.6 Å². The van der Waals surface area contributed by atoms with Crippen molar-refractivity contribution < 1.29 is 19.3 Å². The molecule has 148 valence electrons. The first kappa shape index (κ1) is 20.7. The number of hydrogen-bond acceptors (Lipinski definition) is 6. The molecule has 0 aliphatic heterocycles. The van der Waals surface area contributed by atoms with Gasteiger partial charge in [-0.05, 0) is 18.9 Å². The summed E-state index contributed by atoms with van der Waals surface area (Å²) in [5.74, 6) is 0.145. The maximum atomic E-state index is 12.0. The van der Waals surface area contributed by atoms with Gasteiger partial charge in [-0.15, -0.1) is 0 Å². The van der Waals surface area contributed by atoms with Crippen LogP contribution in [0, 0.1) is 15.5 Å². The Morgan fingerprint density at radius 1 is 1.26 bits per heavy atom. The summed E-state index contributed by atoms with van der Waals surface area (Å²) in [6.07, 6.45) is 4.71. The maximum absolute atomic E-state index is 12.0. The lowest BCUT2D eigenvalue weighted by Crippen LogP contribution is -2.36. The molecule has 1 amide bonds. The molecule has 0 heterocycles. The van der Waals surface area contributed by atoms with Crippen LogP contribution in [0.1, 0.15) is 52.9 Å². The van der Waals surface area contributed by atoms with Gasteiger partial charge in [0.25, 0.3) is 0 Å². The predicted octanol–water partition coefficient (Wildman–Crippen LogP) is 4.43. The number of nitro groups is 1. The van der Waals surface area contributed by atoms with E-state index in [1.54, 1.807) is 12.1 Å². The van der Waals surface area contributed by atoms with E-state index < -0.39 is 16.4 Å². The van der Waals surface area contributed by atoms with Gasteiger partial charge in [-0.3, -0.25) is 15.0 Å². The van der Waals surface area contributed by atoms with Crippen LogP contribution in [0.15, 0.2) is 29.4 Å². The number of carbonyl (C=O) groups excluding carboxylic acids is 1. The van der Waals surface area contributed by atoms with E-state index in [2.05, 4.69) is 10.5 Å². The Labute approximate surface area is 159 Å². The van der Waals surface area contributed by atoms with Crippen LogP contribution in [0.25, 0.3) is 0 Å². The fourth-order valence-electron chi connectivity index (χ4n) is 2.79. The number of oxime groups is 1. The topological polar surface area (TPSA) is 103 Å². The average molecular weight is 377 g/mol. The Morgan fingerprint density at radius 3 is 2.56 bits per heavy atom. The lowest BCUT2D eigenvalue weighted by Gasteiger charge is -2.23. The smallest absolute Gasteiger partial charge is 0.433 e. The zero-order chi connectivity index (χ0) is 19.9. The van der Waals surface area contributed by atoms with Gasteiger partial charge in [-0.2, -0.15) is 0 Å². The minimum atomic E-state index is -0.589. The Bertz CT molecular complexity index is 691. The molecule has 1 aliphatic rings. The number of nitrogens with zero attached hydrogens (tertiary/aromatic N) is 2. The van der Waals surface area contributed by atoms with E-state index >= 15 is 0 Å². The fourth-order valence-corrected chi connectivity index (χ4v) is 2.79. The molecule has 1 fully saturated rings. The summed E-state index contributed by atoms with van der Waals surface area (Å²) in [7, 11) is 0. The third-order valence-electron chi connectivity index (χ3n) is 4.46. The standard InChI is InChI=1S/C19H27N3O5/c1-19(2,3)17(13-26-16-12-8-7-11-15(16)22(24)25)21-27-18(23)20-14-9-5-4-6-10-14/h7-8,11-12,14H,4-6,9-10,13H2,1-3H3,(H,20,23). The Kier molecular flexibility index (Phi) is 7.15. The molecular formula is C19H27N3O5. The highest BCUT2D eigenvalue weighted by molar-refractivity contribution is 5.90. The normalized spacial score (nSPS) is 15.9. The summed E-state index contributed by atoms with van der Waals surface area (Å²) in [6.45, 7) is 5.68. The first-order chi connectivity index (χ1) is 12.8. The summed E-state index contributed by atoms with van der Waals surface area (Å²) in [4.78, 5) is 27.6. The molecule has 1 N–H and O–H groups in total. The van der Waals surface area contributed by atoms with Crippen molar-refractivity contribution >= 4 is 17.5 Å². The number of nitro benzene ring substituents is 1. The van der Waals surface area contributed by atoms with Crippen LogP contribution in [-0.4, -0.2) is 29.4 Å². The Hall–Kier alpha value is -2.64. The molecule has 0 radical (unpaired) electrons. The van der Waals surface area contributed by atoms with Crippen molar-refractivity contribution in [1.82, 2.24) is 5.32 Å². The summed E-state index contributed by atoms with van der Waals surface area (Å²) < 4.78 is 5.59. The number of amides is 1. The van der Waals surface area contributed by atoms with Gasteiger partial charge in [0.15, 0.2) is 5.75 Å². The molecule has 0 saturated heterocycles. The van der Waals surface area contributed by atoms with Gasteiger partial charge >= 0.3 is 11.8 Å². The molecule has 8 heteroatoms. The van der Waals surface area contributed by atoms with Gasteiger partial charge in [0.05, 0.1) is 4.92 Å². The minimum Gasteiger partial charge on any atom is -0.480 e. The van der Waals surface area contributed by atoms with E-state index in [0.717, 1.165) is 25.7 Å².